The average molecular weight is 343 g/mol. The average Bonchev–Trinajstić information content (AvgIpc) is 2.47. The maximum Gasteiger partial charge on any atom is 0.275 e. The van der Waals surface area contributed by atoms with Crippen LogP contribution in [0.1, 0.15) is 13.3 Å². The first kappa shape index (κ1) is 15.3. The summed E-state index contributed by atoms with van der Waals surface area (Å²) in [4.78, 5) is 12.2. The fourth-order valence-electron chi connectivity index (χ4n) is 1.90. The van der Waals surface area contributed by atoms with Gasteiger partial charge in [0.2, 0.25) is 0 Å². The number of hydrogen-bond donors (Lipinski definition) is 1. The SMILES string of the molecule is CC[C@H](Oc1ccc(Br)cc1)C(=O)NN1CCOCC1. The van der Waals surface area contributed by atoms with Gasteiger partial charge < -0.3 is 9.47 Å². The minimum absolute atomic E-state index is 0.114. The third-order valence-electron chi connectivity index (χ3n) is 3.03. The summed E-state index contributed by atoms with van der Waals surface area (Å²) in [7, 11) is 0. The van der Waals surface area contributed by atoms with Gasteiger partial charge in [0, 0.05) is 17.6 Å². The summed E-state index contributed by atoms with van der Waals surface area (Å²) in [5, 5.41) is 1.87. The number of nitrogens with one attached hydrogen (secondary N) is 1. The lowest BCUT2D eigenvalue weighted by atomic mass is 10.2. The largest absolute Gasteiger partial charge is 0.481 e. The van der Waals surface area contributed by atoms with Gasteiger partial charge in [0.1, 0.15) is 5.75 Å². The van der Waals surface area contributed by atoms with Crippen LogP contribution in [-0.4, -0.2) is 43.3 Å². The van der Waals surface area contributed by atoms with Crippen molar-refractivity contribution in [1.82, 2.24) is 10.4 Å². The van der Waals surface area contributed by atoms with E-state index < -0.39 is 6.10 Å². The van der Waals surface area contributed by atoms with Gasteiger partial charge in [-0.05, 0) is 30.7 Å². The van der Waals surface area contributed by atoms with Gasteiger partial charge in [-0.2, -0.15) is 0 Å². The predicted octanol–water partition coefficient (Wildman–Crippen LogP) is 1.97. The van der Waals surface area contributed by atoms with Crippen LogP contribution in [0.5, 0.6) is 5.75 Å². The molecule has 1 saturated heterocycles. The number of hydrogen-bond acceptors (Lipinski definition) is 4. The lowest BCUT2D eigenvalue weighted by Crippen LogP contribution is -2.52. The number of ether oxygens (including phenoxy) is 2. The van der Waals surface area contributed by atoms with Crippen molar-refractivity contribution in [2.24, 2.45) is 0 Å². The molecule has 1 heterocycles. The molecule has 0 aromatic heterocycles. The van der Waals surface area contributed by atoms with E-state index in [4.69, 9.17) is 9.47 Å². The van der Waals surface area contributed by atoms with E-state index in [0.29, 0.717) is 38.5 Å². The zero-order chi connectivity index (χ0) is 14.4. The molecule has 1 fully saturated rings. The number of nitrogens with zero attached hydrogens (tertiary/aromatic N) is 1. The number of rotatable bonds is 5. The summed E-state index contributed by atoms with van der Waals surface area (Å²) in [6.07, 6.45) is 0.130. The molecule has 1 aliphatic rings. The predicted molar refractivity (Wildman–Crippen MR) is 79.4 cm³/mol. The Kier molecular flexibility index (Phi) is 5.82. The molecule has 2 rings (SSSR count). The first-order chi connectivity index (χ1) is 9.69. The molecule has 0 aliphatic carbocycles. The molecule has 1 N–H and O–H groups in total. The van der Waals surface area contributed by atoms with Crippen molar-refractivity contribution in [3.63, 3.8) is 0 Å². The Labute approximate surface area is 127 Å². The maximum absolute atomic E-state index is 12.2. The van der Waals surface area contributed by atoms with Gasteiger partial charge in [0.25, 0.3) is 5.91 Å². The Morgan fingerprint density at radius 3 is 2.65 bits per heavy atom. The molecule has 110 valence electrons. The van der Waals surface area contributed by atoms with E-state index in [1.807, 2.05) is 36.2 Å². The minimum Gasteiger partial charge on any atom is -0.481 e. The molecule has 0 bridgehead atoms. The molecule has 0 radical (unpaired) electrons. The molecule has 1 amide bonds. The van der Waals surface area contributed by atoms with Gasteiger partial charge >= 0.3 is 0 Å². The number of carbonyl (C=O) groups is 1. The Bertz CT molecular complexity index is 433. The van der Waals surface area contributed by atoms with Crippen LogP contribution < -0.4 is 10.2 Å². The molecular formula is C14H19BrN2O3. The van der Waals surface area contributed by atoms with Crippen LogP contribution in [0, 0.1) is 0 Å². The van der Waals surface area contributed by atoms with E-state index >= 15 is 0 Å². The first-order valence-corrected chi connectivity index (χ1v) is 7.53. The molecule has 6 heteroatoms. The summed E-state index contributed by atoms with van der Waals surface area (Å²) in [5.74, 6) is 0.578. The first-order valence-electron chi connectivity index (χ1n) is 6.74. The quantitative estimate of drug-likeness (QED) is 0.888. The number of morpholine rings is 1. The number of halogens is 1. The van der Waals surface area contributed by atoms with Gasteiger partial charge in [-0.25, -0.2) is 5.01 Å². The molecular weight excluding hydrogens is 324 g/mol. The number of carbonyl (C=O) groups excluding carboxylic acids is 1. The Balaban J connectivity index is 1.89. The molecule has 0 saturated carbocycles. The fourth-order valence-corrected chi connectivity index (χ4v) is 2.17. The van der Waals surface area contributed by atoms with Crippen molar-refractivity contribution < 1.29 is 14.3 Å². The second-order valence-electron chi connectivity index (χ2n) is 4.54. The molecule has 5 nitrogen and oxygen atoms in total. The zero-order valence-corrected chi connectivity index (χ0v) is 13.1. The van der Waals surface area contributed by atoms with E-state index in [1.54, 1.807) is 0 Å². The number of amides is 1. The van der Waals surface area contributed by atoms with E-state index in [-0.39, 0.29) is 5.91 Å². The number of benzene rings is 1. The molecule has 1 atom stereocenters. The van der Waals surface area contributed by atoms with E-state index in [9.17, 15) is 4.79 Å². The minimum atomic E-state index is -0.487. The summed E-state index contributed by atoms with van der Waals surface area (Å²) in [6.45, 7) is 4.64. The van der Waals surface area contributed by atoms with Gasteiger partial charge in [-0.3, -0.25) is 10.2 Å². The Morgan fingerprint density at radius 2 is 2.05 bits per heavy atom. The second-order valence-corrected chi connectivity index (χ2v) is 5.46. The van der Waals surface area contributed by atoms with Crippen molar-refractivity contribution in [2.75, 3.05) is 26.3 Å². The standard InChI is InChI=1S/C14H19BrN2O3/c1-2-13(20-12-5-3-11(15)4-6-12)14(18)16-17-7-9-19-10-8-17/h3-6,13H,2,7-10H2,1H3,(H,16,18)/t13-/m0/s1. The molecule has 1 aromatic rings. The number of hydrazine groups is 1. The van der Waals surface area contributed by atoms with Crippen LogP contribution in [-0.2, 0) is 9.53 Å². The van der Waals surface area contributed by atoms with Crippen LogP contribution in [0.2, 0.25) is 0 Å². The zero-order valence-electron chi connectivity index (χ0n) is 11.5. The maximum atomic E-state index is 12.2. The summed E-state index contributed by atoms with van der Waals surface area (Å²) in [5.41, 5.74) is 2.88. The van der Waals surface area contributed by atoms with Crippen molar-refractivity contribution in [2.45, 2.75) is 19.4 Å². The highest BCUT2D eigenvalue weighted by molar-refractivity contribution is 9.10. The second kappa shape index (κ2) is 7.61. The Hall–Kier alpha value is -1.11. The molecule has 1 aromatic carbocycles. The summed E-state index contributed by atoms with van der Waals surface area (Å²) in [6, 6.07) is 7.47. The smallest absolute Gasteiger partial charge is 0.275 e. The molecule has 0 spiro atoms. The lowest BCUT2D eigenvalue weighted by Gasteiger charge is -2.28. The van der Waals surface area contributed by atoms with Gasteiger partial charge in [0.05, 0.1) is 13.2 Å². The summed E-state index contributed by atoms with van der Waals surface area (Å²) < 4.78 is 12.0. The van der Waals surface area contributed by atoms with Gasteiger partial charge in [0.15, 0.2) is 6.10 Å². The van der Waals surface area contributed by atoms with Crippen LogP contribution in [0.15, 0.2) is 28.7 Å². The third-order valence-corrected chi connectivity index (χ3v) is 3.56. The lowest BCUT2D eigenvalue weighted by molar-refractivity contribution is -0.135. The van der Waals surface area contributed by atoms with Crippen molar-refractivity contribution in [3.05, 3.63) is 28.7 Å². The summed E-state index contributed by atoms with van der Waals surface area (Å²) >= 11 is 3.37. The van der Waals surface area contributed by atoms with E-state index in [2.05, 4.69) is 21.4 Å². The Morgan fingerprint density at radius 1 is 1.40 bits per heavy atom. The van der Waals surface area contributed by atoms with Crippen LogP contribution in [0.25, 0.3) is 0 Å². The third kappa shape index (κ3) is 4.47. The molecule has 1 aliphatic heterocycles. The van der Waals surface area contributed by atoms with E-state index in [1.165, 1.54) is 0 Å². The fraction of sp³-hybridized carbons (Fsp3) is 0.500. The van der Waals surface area contributed by atoms with Crippen molar-refractivity contribution in [3.8, 4) is 5.75 Å². The highest BCUT2D eigenvalue weighted by Crippen LogP contribution is 2.18. The van der Waals surface area contributed by atoms with Gasteiger partial charge in [-0.1, -0.05) is 22.9 Å². The van der Waals surface area contributed by atoms with Crippen LogP contribution in [0.3, 0.4) is 0 Å². The van der Waals surface area contributed by atoms with Gasteiger partial charge in [-0.15, -0.1) is 0 Å². The van der Waals surface area contributed by atoms with Crippen molar-refractivity contribution in [1.29, 1.82) is 0 Å². The highest BCUT2D eigenvalue weighted by Gasteiger charge is 2.21. The molecule has 20 heavy (non-hydrogen) atoms. The normalized spacial score (nSPS) is 17.5. The highest BCUT2D eigenvalue weighted by atomic mass is 79.9. The van der Waals surface area contributed by atoms with Crippen LogP contribution in [0.4, 0.5) is 0 Å². The molecule has 0 unspecified atom stereocenters. The van der Waals surface area contributed by atoms with Crippen molar-refractivity contribution >= 4 is 21.8 Å². The van der Waals surface area contributed by atoms with Crippen LogP contribution >= 0.6 is 15.9 Å². The monoisotopic (exact) mass is 342 g/mol. The van der Waals surface area contributed by atoms with E-state index in [0.717, 1.165) is 4.47 Å². The topological polar surface area (TPSA) is 50.8 Å².